The summed E-state index contributed by atoms with van der Waals surface area (Å²) < 4.78 is 4.90. The molecule has 0 heterocycles. The summed E-state index contributed by atoms with van der Waals surface area (Å²) in [5.74, 6) is -0.224. The van der Waals surface area contributed by atoms with E-state index in [-0.39, 0.29) is 11.8 Å². The quantitative estimate of drug-likeness (QED) is 0.630. The van der Waals surface area contributed by atoms with Crippen LogP contribution < -0.4 is 5.73 Å². The number of esters is 1. The Labute approximate surface area is 136 Å². The highest BCUT2D eigenvalue weighted by Crippen LogP contribution is 2.13. The molecule has 0 saturated heterocycles. The van der Waals surface area contributed by atoms with Gasteiger partial charge in [-0.05, 0) is 24.5 Å². The molecule has 23 heavy (non-hydrogen) atoms. The van der Waals surface area contributed by atoms with E-state index < -0.39 is 0 Å². The summed E-state index contributed by atoms with van der Waals surface area (Å²) in [4.78, 5) is 23.7. The highest BCUT2D eigenvalue weighted by molar-refractivity contribution is 6.09. The Balaban J connectivity index is 2.00. The summed E-state index contributed by atoms with van der Waals surface area (Å²) in [6.07, 6.45) is 0.959. The van der Waals surface area contributed by atoms with Gasteiger partial charge in [0.25, 0.3) is 0 Å². The first-order chi connectivity index (χ1) is 11.1. The van der Waals surface area contributed by atoms with Gasteiger partial charge < -0.3 is 10.5 Å². The molecule has 2 aromatic carbocycles. The molecule has 0 unspecified atom stereocenters. The van der Waals surface area contributed by atoms with Gasteiger partial charge >= 0.3 is 5.97 Å². The van der Waals surface area contributed by atoms with Crippen molar-refractivity contribution in [1.82, 2.24) is 0 Å². The number of nitrogens with two attached hydrogens (primary N) is 1. The lowest BCUT2D eigenvalue weighted by molar-refractivity contribution is -0.143. The lowest BCUT2D eigenvalue weighted by Gasteiger charge is -2.05. The highest BCUT2D eigenvalue weighted by Gasteiger charge is 2.09. The molecule has 0 aliphatic carbocycles. The van der Waals surface area contributed by atoms with Crippen LogP contribution in [0, 0.1) is 0 Å². The monoisotopic (exact) mass is 311 g/mol. The Morgan fingerprint density at radius 1 is 0.913 bits per heavy atom. The molecule has 0 aliphatic rings. The van der Waals surface area contributed by atoms with Crippen LogP contribution in [0.25, 0.3) is 0 Å². The first-order valence-electron chi connectivity index (χ1n) is 7.72. The van der Waals surface area contributed by atoms with Crippen LogP contribution in [-0.4, -0.2) is 18.4 Å². The second-order valence-corrected chi connectivity index (χ2v) is 5.23. The number of aryl methyl sites for hydroxylation is 1. The molecule has 0 spiro atoms. The number of hydrogen-bond donors (Lipinski definition) is 1. The molecule has 0 radical (unpaired) electrons. The van der Waals surface area contributed by atoms with Gasteiger partial charge in [0, 0.05) is 24.1 Å². The van der Waals surface area contributed by atoms with E-state index in [4.69, 9.17) is 10.5 Å². The Morgan fingerprint density at radius 2 is 1.43 bits per heavy atom. The first kappa shape index (κ1) is 16.9. The van der Waals surface area contributed by atoms with E-state index in [0.29, 0.717) is 37.1 Å². The Kier molecular flexibility index (Phi) is 6.06. The molecular weight excluding hydrogens is 290 g/mol. The molecule has 0 atom stereocenters. The van der Waals surface area contributed by atoms with Gasteiger partial charge in [0.1, 0.15) is 0 Å². The van der Waals surface area contributed by atoms with Crippen LogP contribution in [0.15, 0.2) is 48.5 Å². The standard InChI is InChI=1S/C19H21NO3/c1-2-23-18(21)12-7-14-3-8-16(9-4-14)19(22)17-10-5-15(13-20)6-11-17/h3-6,8-11H,2,7,12-13,20H2,1H3. The fourth-order valence-electron chi connectivity index (χ4n) is 2.26. The van der Waals surface area contributed by atoms with E-state index >= 15 is 0 Å². The van der Waals surface area contributed by atoms with Crippen molar-refractivity contribution in [2.75, 3.05) is 6.61 Å². The highest BCUT2D eigenvalue weighted by atomic mass is 16.5. The zero-order chi connectivity index (χ0) is 16.7. The maximum atomic E-state index is 12.4. The average Bonchev–Trinajstić information content (AvgIpc) is 2.60. The molecule has 120 valence electrons. The fraction of sp³-hybridized carbons (Fsp3) is 0.263. The maximum absolute atomic E-state index is 12.4. The smallest absolute Gasteiger partial charge is 0.306 e. The molecule has 2 rings (SSSR count). The lowest BCUT2D eigenvalue weighted by Crippen LogP contribution is -2.05. The molecule has 0 aliphatic heterocycles. The van der Waals surface area contributed by atoms with E-state index in [9.17, 15) is 9.59 Å². The summed E-state index contributed by atoms with van der Waals surface area (Å²) >= 11 is 0. The average molecular weight is 311 g/mol. The molecule has 4 nitrogen and oxygen atoms in total. The first-order valence-corrected chi connectivity index (χ1v) is 7.72. The van der Waals surface area contributed by atoms with Crippen molar-refractivity contribution in [3.05, 3.63) is 70.8 Å². The number of ether oxygens (including phenoxy) is 1. The topological polar surface area (TPSA) is 69.4 Å². The summed E-state index contributed by atoms with van der Waals surface area (Å²) in [6, 6.07) is 14.6. The van der Waals surface area contributed by atoms with Crippen molar-refractivity contribution in [1.29, 1.82) is 0 Å². The largest absolute Gasteiger partial charge is 0.466 e. The summed E-state index contributed by atoms with van der Waals surface area (Å²) in [7, 11) is 0. The van der Waals surface area contributed by atoms with Gasteiger partial charge in [-0.1, -0.05) is 48.5 Å². The van der Waals surface area contributed by atoms with Gasteiger partial charge in [0.2, 0.25) is 0 Å². The van der Waals surface area contributed by atoms with E-state index in [0.717, 1.165) is 11.1 Å². The van der Waals surface area contributed by atoms with Gasteiger partial charge in [0.15, 0.2) is 5.78 Å². The van der Waals surface area contributed by atoms with Crippen molar-refractivity contribution in [3.8, 4) is 0 Å². The molecule has 0 aromatic heterocycles. The minimum Gasteiger partial charge on any atom is -0.466 e. The Bertz CT molecular complexity index is 660. The predicted octanol–water partition coefficient (Wildman–Crippen LogP) is 2.87. The van der Waals surface area contributed by atoms with Gasteiger partial charge in [-0.15, -0.1) is 0 Å². The second kappa shape index (κ2) is 8.25. The third-order valence-corrected chi connectivity index (χ3v) is 3.59. The number of rotatable bonds is 7. The van der Waals surface area contributed by atoms with E-state index in [1.165, 1.54) is 0 Å². The third kappa shape index (κ3) is 4.76. The van der Waals surface area contributed by atoms with Crippen LogP contribution in [0.1, 0.15) is 40.4 Å². The molecule has 0 saturated carbocycles. The van der Waals surface area contributed by atoms with Gasteiger partial charge in [-0.25, -0.2) is 0 Å². The van der Waals surface area contributed by atoms with Gasteiger partial charge in [0.05, 0.1) is 6.61 Å². The maximum Gasteiger partial charge on any atom is 0.306 e. The number of carbonyl (C=O) groups is 2. The summed E-state index contributed by atoms with van der Waals surface area (Å²) in [5, 5.41) is 0. The Hall–Kier alpha value is -2.46. The van der Waals surface area contributed by atoms with E-state index in [1.807, 2.05) is 24.3 Å². The predicted molar refractivity (Wildman–Crippen MR) is 89.2 cm³/mol. The zero-order valence-electron chi connectivity index (χ0n) is 13.2. The molecule has 2 N–H and O–H groups in total. The number of hydrogen-bond acceptors (Lipinski definition) is 4. The molecular formula is C19H21NO3. The molecule has 0 amide bonds. The SMILES string of the molecule is CCOC(=O)CCc1ccc(C(=O)c2ccc(CN)cc2)cc1. The fourth-order valence-corrected chi connectivity index (χ4v) is 2.26. The van der Waals surface area contributed by atoms with Gasteiger partial charge in [-0.2, -0.15) is 0 Å². The summed E-state index contributed by atoms with van der Waals surface area (Å²) in [5.41, 5.74) is 8.83. The second-order valence-electron chi connectivity index (χ2n) is 5.23. The molecule has 2 aromatic rings. The van der Waals surface area contributed by atoms with E-state index in [2.05, 4.69) is 0 Å². The number of carbonyl (C=O) groups excluding carboxylic acids is 2. The number of ketones is 1. The van der Waals surface area contributed by atoms with Crippen LogP contribution in [0.3, 0.4) is 0 Å². The molecule has 0 fully saturated rings. The van der Waals surface area contributed by atoms with Crippen molar-refractivity contribution < 1.29 is 14.3 Å². The minimum atomic E-state index is -0.201. The molecule has 0 bridgehead atoms. The zero-order valence-corrected chi connectivity index (χ0v) is 13.2. The van der Waals surface area contributed by atoms with Crippen LogP contribution >= 0.6 is 0 Å². The number of benzene rings is 2. The van der Waals surface area contributed by atoms with Crippen LogP contribution in [0.2, 0.25) is 0 Å². The van der Waals surface area contributed by atoms with Crippen molar-refractivity contribution >= 4 is 11.8 Å². The molecule has 4 heteroatoms. The van der Waals surface area contributed by atoms with Crippen molar-refractivity contribution in [2.45, 2.75) is 26.3 Å². The third-order valence-electron chi connectivity index (χ3n) is 3.59. The van der Waals surface area contributed by atoms with E-state index in [1.54, 1.807) is 31.2 Å². The minimum absolute atomic E-state index is 0.0227. The van der Waals surface area contributed by atoms with Crippen LogP contribution in [0.4, 0.5) is 0 Å². The summed E-state index contributed by atoms with van der Waals surface area (Å²) in [6.45, 7) is 2.65. The van der Waals surface area contributed by atoms with Gasteiger partial charge in [-0.3, -0.25) is 9.59 Å². The van der Waals surface area contributed by atoms with Crippen LogP contribution in [-0.2, 0) is 22.5 Å². The lowest BCUT2D eigenvalue weighted by atomic mass is 10.00. The van der Waals surface area contributed by atoms with Crippen molar-refractivity contribution in [3.63, 3.8) is 0 Å². The van der Waals surface area contributed by atoms with Crippen LogP contribution in [0.5, 0.6) is 0 Å². The van der Waals surface area contributed by atoms with Crippen molar-refractivity contribution in [2.24, 2.45) is 5.73 Å². The Morgan fingerprint density at radius 3 is 1.91 bits per heavy atom. The normalized spacial score (nSPS) is 10.3.